The maximum absolute atomic E-state index is 12.4. The van der Waals surface area contributed by atoms with Crippen molar-refractivity contribution in [1.29, 1.82) is 0 Å². The average molecular weight is 715 g/mol. The number of ether oxygens (including phenoxy) is 2. The van der Waals surface area contributed by atoms with E-state index < -0.39 is 28.6 Å². The van der Waals surface area contributed by atoms with Gasteiger partial charge in [0.15, 0.2) is 11.2 Å². The minimum Gasteiger partial charge on any atom is -0.675 e. The van der Waals surface area contributed by atoms with Gasteiger partial charge in [0, 0.05) is 36.9 Å². The molecule has 3 fully saturated rings. The van der Waals surface area contributed by atoms with Gasteiger partial charge in [-0.25, -0.2) is 5.43 Å². The molecule has 212 valence electrons. The molecule has 5 N–H and O–H groups in total. The normalized spacial score (nSPS) is 25.5. The molecule has 13 nitrogen and oxygen atoms in total. The largest absolute Gasteiger partial charge is 2.00 e. The maximum atomic E-state index is 12.4. The minimum atomic E-state index is -1.84. The van der Waals surface area contributed by atoms with Crippen LogP contribution in [0.4, 0.5) is 0 Å². The number of carbonyl (C=O) groups excluding carboxylic acids is 2. The van der Waals surface area contributed by atoms with E-state index in [2.05, 4.69) is 17.1 Å². The van der Waals surface area contributed by atoms with Crippen molar-refractivity contribution < 1.29 is 59.9 Å². The van der Waals surface area contributed by atoms with Gasteiger partial charge in [0.25, 0.3) is 5.91 Å². The molecule has 2 aliphatic heterocycles. The predicted octanol–water partition coefficient (Wildman–Crippen LogP) is 2.10. The van der Waals surface area contributed by atoms with Crippen LogP contribution >= 0.6 is 0 Å². The molecular formula is C24H33N5O8Pt. The van der Waals surface area contributed by atoms with Crippen LogP contribution in [-0.2, 0) is 49.7 Å². The Labute approximate surface area is 234 Å². The zero-order valence-corrected chi connectivity index (χ0v) is 23.5. The monoisotopic (exact) mass is 714 g/mol. The van der Waals surface area contributed by atoms with Crippen molar-refractivity contribution in [2.24, 2.45) is 15.9 Å². The van der Waals surface area contributed by atoms with Crippen molar-refractivity contribution in [1.82, 2.24) is 10.3 Å². The fraction of sp³-hybridized carbons (Fsp3) is 0.625. The summed E-state index contributed by atoms with van der Waals surface area (Å²) in [5, 5.41) is 22.0. The van der Waals surface area contributed by atoms with Crippen molar-refractivity contribution in [2.75, 3.05) is 19.6 Å². The number of carboxylic acids is 2. The molecule has 2 aliphatic carbocycles. The van der Waals surface area contributed by atoms with Gasteiger partial charge in [-0.1, -0.05) is 6.58 Å². The first-order chi connectivity index (χ1) is 17.3. The molecule has 0 spiro atoms. The first-order valence-electron chi connectivity index (χ1n) is 12.0. The summed E-state index contributed by atoms with van der Waals surface area (Å²) in [6.07, 6.45) is 4.01. The third-order valence-electron chi connectivity index (χ3n) is 7.01. The van der Waals surface area contributed by atoms with Crippen LogP contribution in [0.3, 0.4) is 0 Å². The van der Waals surface area contributed by atoms with E-state index in [1.54, 1.807) is 6.08 Å². The Bertz CT molecular complexity index is 983. The number of hydrazone groups is 1. The molecule has 0 aromatic heterocycles. The van der Waals surface area contributed by atoms with Crippen molar-refractivity contribution in [3.8, 4) is 0 Å². The van der Waals surface area contributed by atoms with Crippen LogP contribution in [0.2, 0.25) is 0 Å². The number of amides is 2. The Hall–Kier alpha value is -2.44. The maximum Gasteiger partial charge on any atom is 2.00 e. The summed E-state index contributed by atoms with van der Waals surface area (Å²) < 4.78 is 10.7. The fourth-order valence-corrected chi connectivity index (χ4v) is 4.43. The van der Waals surface area contributed by atoms with Gasteiger partial charge in [0.05, 0.1) is 17.6 Å². The van der Waals surface area contributed by atoms with Crippen LogP contribution < -0.4 is 5.43 Å². The molecule has 0 aromatic carbocycles. The van der Waals surface area contributed by atoms with Crippen LogP contribution in [-0.4, -0.2) is 82.2 Å². The Balaban J connectivity index is 0.000000356. The van der Waals surface area contributed by atoms with Crippen LogP contribution in [0, 0.1) is 10.8 Å². The summed E-state index contributed by atoms with van der Waals surface area (Å²) >= 11 is 0. The molecule has 2 amide bonds. The number of rotatable bonds is 9. The van der Waals surface area contributed by atoms with Gasteiger partial charge in [-0.05, 0) is 39.2 Å². The topological polar surface area (TPSA) is 202 Å². The number of carbonyl (C=O) groups is 4. The molecule has 4 rings (SSSR count). The summed E-state index contributed by atoms with van der Waals surface area (Å²) in [6.45, 7) is 8.13. The van der Waals surface area contributed by atoms with Crippen molar-refractivity contribution in [3.63, 3.8) is 0 Å². The second kappa shape index (κ2) is 12.2. The summed E-state index contributed by atoms with van der Waals surface area (Å²) in [5.41, 5.74) is 15.2. The molecule has 0 radical (unpaired) electrons. The zero-order chi connectivity index (χ0) is 27.6. The van der Waals surface area contributed by atoms with Crippen molar-refractivity contribution >= 4 is 29.5 Å². The second-order valence-electron chi connectivity index (χ2n) is 10.1. The average Bonchev–Trinajstić information content (AvgIpc) is 3.44. The van der Waals surface area contributed by atoms with Crippen molar-refractivity contribution in [2.45, 2.75) is 63.9 Å². The quantitative estimate of drug-likeness (QED) is 0.238. The first-order valence-corrected chi connectivity index (χ1v) is 12.0. The number of aliphatic carboxylic acids is 2. The van der Waals surface area contributed by atoms with Gasteiger partial charge in [0.2, 0.25) is 5.91 Å². The smallest absolute Gasteiger partial charge is 0.675 e. The fourth-order valence-electron chi connectivity index (χ4n) is 4.43. The molecular weight excluding hydrogens is 681 g/mol. The van der Waals surface area contributed by atoms with E-state index in [0.29, 0.717) is 37.2 Å². The number of allylic oxidation sites excluding steroid dienone is 1. The molecule has 14 heteroatoms. The van der Waals surface area contributed by atoms with E-state index in [-0.39, 0.29) is 71.0 Å². The first kappa shape index (κ1) is 31.8. The third kappa shape index (κ3) is 6.76. The number of nitrogens with zero attached hydrogens (tertiary/aromatic N) is 2. The van der Waals surface area contributed by atoms with Crippen LogP contribution in [0.1, 0.15) is 46.0 Å². The molecule has 1 saturated heterocycles. The molecule has 0 unspecified atom stereocenters. The van der Waals surface area contributed by atoms with Crippen molar-refractivity contribution in [3.05, 3.63) is 35.9 Å². The van der Waals surface area contributed by atoms with E-state index in [0.717, 1.165) is 0 Å². The van der Waals surface area contributed by atoms with Crippen LogP contribution in [0.5, 0.6) is 0 Å². The van der Waals surface area contributed by atoms with Gasteiger partial charge >= 0.3 is 33.0 Å². The Morgan fingerprint density at radius 2 is 1.63 bits per heavy atom. The minimum absolute atomic E-state index is 0. The predicted molar refractivity (Wildman–Crippen MR) is 131 cm³/mol. The zero-order valence-electron chi connectivity index (χ0n) is 21.2. The van der Waals surface area contributed by atoms with Gasteiger partial charge in [-0.15, -0.1) is 13.1 Å². The van der Waals surface area contributed by atoms with E-state index in [4.69, 9.17) is 31.2 Å². The summed E-state index contributed by atoms with van der Waals surface area (Å²) in [5.74, 6) is -3.86. The van der Waals surface area contributed by atoms with Gasteiger partial charge < -0.3 is 36.1 Å². The molecule has 2 atom stereocenters. The Morgan fingerprint density at radius 3 is 2.03 bits per heavy atom. The van der Waals surface area contributed by atoms with Crippen LogP contribution in [0.15, 0.2) is 29.5 Å². The molecule has 2 saturated carbocycles. The Morgan fingerprint density at radius 1 is 1.11 bits per heavy atom. The number of hydrogen-bond acceptors (Lipinski definition) is 7. The molecule has 0 aromatic rings. The second-order valence-corrected chi connectivity index (χ2v) is 10.1. The SMILES string of the molecule is C=C1C=CC(=O)N1CCC1(C(=O)NN=C2CC(C(=O)O)(C(=O)O)C2)CC1.CC1(C)O[C@H](C[NH-])[C@@H](C[NH-])O1.[Pt+2]. The van der Waals surface area contributed by atoms with Gasteiger partial charge in [-0.3, -0.25) is 19.2 Å². The summed E-state index contributed by atoms with van der Waals surface area (Å²) in [6, 6.07) is 0. The van der Waals surface area contributed by atoms with E-state index in [1.807, 2.05) is 13.8 Å². The summed E-state index contributed by atoms with van der Waals surface area (Å²) in [4.78, 5) is 47.8. The van der Waals surface area contributed by atoms with E-state index in [9.17, 15) is 19.2 Å². The number of nitrogens with one attached hydrogen (secondary N) is 3. The Kier molecular flexibility index (Phi) is 10.2. The molecule has 38 heavy (non-hydrogen) atoms. The van der Waals surface area contributed by atoms with Gasteiger partial charge in [-0.2, -0.15) is 5.10 Å². The molecule has 0 bridgehead atoms. The number of carboxylic acid groups (broad SMARTS) is 2. The molecule has 2 heterocycles. The third-order valence-corrected chi connectivity index (χ3v) is 7.01. The van der Waals surface area contributed by atoms with E-state index in [1.165, 1.54) is 11.0 Å². The summed E-state index contributed by atoms with van der Waals surface area (Å²) in [7, 11) is 0. The number of hydrogen-bond donors (Lipinski definition) is 3. The standard InChI is InChI=1S/C17H19N3O6.C7H14N2O2.Pt/c1-10-2-3-12(21)20(10)7-6-16(4-5-16)13(22)19-18-11-8-17(9-11,14(23)24)15(25)26;1-7(2)10-5(3-8)6(4-9)11-7;/h2-3H,1,4-9H2,(H,19,22)(H,23,24)(H,25,26);5-6,8-9H,3-4H2,1-2H3;/q;-2;+2/t;5-,6-;/m.1./s1. The van der Waals surface area contributed by atoms with E-state index >= 15 is 0 Å². The van der Waals surface area contributed by atoms with Gasteiger partial charge in [0.1, 0.15) is 0 Å². The van der Waals surface area contributed by atoms with Crippen LogP contribution in [0.25, 0.3) is 11.5 Å². The molecule has 4 aliphatic rings.